The minimum atomic E-state index is -0.958. The van der Waals surface area contributed by atoms with Crippen LogP contribution in [-0.4, -0.2) is 28.6 Å². The van der Waals surface area contributed by atoms with E-state index in [2.05, 4.69) is 5.32 Å². The van der Waals surface area contributed by atoms with Crippen molar-refractivity contribution >= 4 is 11.9 Å². The fourth-order valence-corrected chi connectivity index (χ4v) is 1.89. The second kappa shape index (κ2) is 6.22. The number of aromatic hydroxyl groups is 1. The molecule has 0 aliphatic heterocycles. The van der Waals surface area contributed by atoms with E-state index in [0.717, 1.165) is 0 Å². The van der Waals surface area contributed by atoms with Crippen LogP contribution in [0.3, 0.4) is 0 Å². The number of phenols is 1. The number of amides is 1. The standard InChI is InChI=1S/C14H19NO4/c1-3-14(4-2,13(18)19)9-15-12(17)10-7-5-6-8-11(10)16/h5-8,16H,3-4,9H2,1-2H3,(H,15,17)(H,18,19). The highest BCUT2D eigenvalue weighted by Gasteiger charge is 2.35. The van der Waals surface area contributed by atoms with Gasteiger partial charge in [0.05, 0.1) is 11.0 Å². The molecule has 19 heavy (non-hydrogen) atoms. The number of para-hydroxylation sites is 1. The van der Waals surface area contributed by atoms with E-state index in [9.17, 15) is 19.8 Å². The van der Waals surface area contributed by atoms with Crippen LogP contribution < -0.4 is 5.32 Å². The molecule has 104 valence electrons. The molecule has 0 spiro atoms. The Morgan fingerprint density at radius 1 is 1.21 bits per heavy atom. The zero-order valence-corrected chi connectivity index (χ0v) is 11.1. The van der Waals surface area contributed by atoms with Crippen molar-refractivity contribution in [3.8, 4) is 5.75 Å². The SMILES string of the molecule is CCC(CC)(CNC(=O)c1ccccc1O)C(=O)O. The molecule has 0 fully saturated rings. The quantitative estimate of drug-likeness (QED) is 0.734. The van der Waals surface area contributed by atoms with Crippen LogP contribution in [0.25, 0.3) is 0 Å². The lowest BCUT2D eigenvalue weighted by Gasteiger charge is -2.26. The summed E-state index contributed by atoms with van der Waals surface area (Å²) in [5, 5.41) is 21.4. The van der Waals surface area contributed by atoms with Crippen LogP contribution in [0.2, 0.25) is 0 Å². The lowest BCUT2D eigenvalue weighted by molar-refractivity contribution is -0.149. The summed E-state index contributed by atoms with van der Waals surface area (Å²) in [6.07, 6.45) is 0.861. The van der Waals surface area contributed by atoms with Crippen molar-refractivity contribution in [3.63, 3.8) is 0 Å². The molecule has 1 aromatic rings. The first-order chi connectivity index (χ1) is 8.96. The third kappa shape index (κ3) is 3.24. The van der Waals surface area contributed by atoms with Crippen molar-refractivity contribution in [3.05, 3.63) is 29.8 Å². The lowest BCUT2D eigenvalue weighted by atomic mass is 9.82. The van der Waals surface area contributed by atoms with Crippen molar-refractivity contribution in [2.45, 2.75) is 26.7 Å². The van der Waals surface area contributed by atoms with Crippen molar-refractivity contribution in [1.82, 2.24) is 5.32 Å². The maximum absolute atomic E-state index is 11.9. The number of hydrogen-bond donors (Lipinski definition) is 3. The summed E-state index contributed by atoms with van der Waals surface area (Å²) in [6.45, 7) is 3.61. The minimum Gasteiger partial charge on any atom is -0.507 e. The molecule has 5 nitrogen and oxygen atoms in total. The van der Waals surface area contributed by atoms with Gasteiger partial charge in [0.2, 0.25) is 0 Å². The highest BCUT2D eigenvalue weighted by molar-refractivity contribution is 5.97. The smallest absolute Gasteiger partial charge is 0.311 e. The molecule has 0 unspecified atom stereocenters. The molecule has 5 heteroatoms. The summed E-state index contributed by atoms with van der Waals surface area (Å²) in [4.78, 5) is 23.2. The maximum Gasteiger partial charge on any atom is 0.311 e. The predicted octanol–water partition coefficient (Wildman–Crippen LogP) is 2.01. The Kier molecular flexibility index (Phi) is 4.92. The van der Waals surface area contributed by atoms with E-state index >= 15 is 0 Å². The largest absolute Gasteiger partial charge is 0.507 e. The molecule has 0 saturated carbocycles. The number of carbonyl (C=O) groups excluding carboxylic acids is 1. The second-order valence-corrected chi connectivity index (χ2v) is 4.49. The average Bonchev–Trinajstić information content (AvgIpc) is 2.40. The fourth-order valence-electron chi connectivity index (χ4n) is 1.89. The van der Waals surface area contributed by atoms with Crippen LogP contribution in [0, 0.1) is 5.41 Å². The lowest BCUT2D eigenvalue weighted by Crippen LogP contribution is -2.42. The van der Waals surface area contributed by atoms with E-state index in [-0.39, 0.29) is 17.9 Å². The fraction of sp³-hybridized carbons (Fsp3) is 0.429. The third-order valence-corrected chi connectivity index (χ3v) is 3.54. The van der Waals surface area contributed by atoms with E-state index in [1.165, 1.54) is 12.1 Å². The van der Waals surface area contributed by atoms with Crippen LogP contribution in [0.5, 0.6) is 5.75 Å². The second-order valence-electron chi connectivity index (χ2n) is 4.49. The number of carboxylic acid groups (broad SMARTS) is 1. The molecule has 0 saturated heterocycles. The van der Waals surface area contributed by atoms with Crippen LogP contribution >= 0.6 is 0 Å². The number of nitrogens with one attached hydrogen (secondary N) is 1. The molecule has 0 radical (unpaired) electrons. The Morgan fingerprint density at radius 2 is 1.79 bits per heavy atom. The van der Waals surface area contributed by atoms with E-state index in [1.807, 2.05) is 0 Å². The molecular formula is C14H19NO4. The predicted molar refractivity (Wildman–Crippen MR) is 71.1 cm³/mol. The van der Waals surface area contributed by atoms with E-state index in [1.54, 1.807) is 26.0 Å². The van der Waals surface area contributed by atoms with Crippen LogP contribution in [0.1, 0.15) is 37.0 Å². The number of carboxylic acids is 1. The molecule has 1 amide bonds. The molecule has 0 atom stereocenters. The highest BCUT2D eigenvalue weighted by atomic mass is 16.4. The van der Waals surface area contributed by atoms with Crippen molar-refractivity contribution in [2.75, 3.05) is 6.54 Å². The summed E-state index contributed by atoms with van der Waals surface area (Å²) >= 11 is 0. The minimum absolute atomic E-state index is 0.0441. The molecule has 0 bridgehead atoms. The van der Waals surface area contributed by atoms with Crippen molar-refractivity contribution in [1.29, 1.82) is 0 Å². The number of carbonyl (C=O) groups is 2. The summed E-state index contributed by atoms with van der Waals surface area (Å²) in [6, 6.07) is 6.16. The van der Waals surface area contributed by atoms with E-state index in [4.69, 9.17) is 0 Å². The zero-order valence-electron chi connectivity index (χ0n) is 11.1. The highest BCUT2D eigenvalue weighted by Crippen LogP contribution is 2.26. The number of hydrogen-bond acceptors (Lipinski definition) is 3. The van der Waals surface area contributed by atoms with Gasteiger partial charge in [0, 0.05) is 6.54 Å². The van der Waals surface area contributed by atoms with Crippen molar-refractivity contribution < 1.29 is 19.8 Å². The monoisotopic (exact) mass is 265 g/mol. The number of benzene rings is 1. The Balaban J connectivity index is 2.79. The van der Waals surface area contributed by atoms with Gasteiger partial charge in [-0.3, -0.25) is 9.59 Å². The maximum atomic E-state index is 11.9. The van der Waals surface area contributed by atoms with Gasteiger partial charge < -0.3 is 15.5 Å². The molecule has 0 aliphatic carbocycles. The Hall–Kier alpha value is -2.04. The number of phenolic OH excluding ortho intramolecular Hbond substituents is 1. The zero-order chi connectivity index (χ0) is 14.5. The Morgan fingerprint density at radius 3 is 2.26 bits per heavy atom. The molecule has 1 rings (SSSR count). The summed E-state index contributed by atoms with van der Waals surface area (Å²) in [5.41, 5.74) is -0.811. The molecule has 3 N–H and O–H groups in total. The van der Waals surface area contributed by atoms with Crippen LogP contribution in [0.15, 0.2) is 24.3 Å². The van der Waals surface area contributed by atoms with Gasteiger partial charge in [-0.05, 0) is 25.0 Å². The van der Waals surface area contributed by atoms with Gasteiger partial charge in [-0.15, -0.1) is 0 Å². The Bertz CT molecular complexity index is 466. The molecule has 1 aromatic carbocycles. The number of rotatable bonds is 6. The van der Waals surface area contributed by atoms with Crippen LogP contribution in [0.4, 0.5) is 0 Å². The average molecular weight is 265 g/mol. The van der Waals surface area contributed by atoms with Crippen molar-refractivity contribution in [2.24, 2.45) is 5.41 Å². The summed E-state index contributed by atoms with van der Waals surface area (Å²) in [7, 11) is 0. The molecule has 0 heterocycles. The molecule has 0 aliphatic rings. The van der Waals surface area contributed by atoms with E-state index < -0.39 is 17.3 Å². The van der Waals surface area contributed by atoms with Gasteiger partial charge >= 0.3 is 5.97 Å². The normalized spacial score (nSPS) is 11.1. The van der Waals surface area contributed by atoms with Gasteiger partial charge in [-0.2, -0.15) is 0 Å². The first-order valence-electron chi connectivity index (χ1n) is 6.26. The number of aliphatic carboxylic acids is 1. The van der Waals surface area contributed by atoms with Gasteiger partial charge in [0.15, 0.2) is 0 Å². The first-order valence-corrected chi connectivity index (χ1v) is 6.26. The first kappa shape index (κ1) is 15.0. The topological polar surface area (TPSA) is 86.6 Å². The van der Waals surface area contributed by atoms with Gasteiger partial charge in [-0.25, -0.2) is 0 Å². The van der Waals surface area contributed by atoms with Crippen LogP contribution in [-0.2, 0) is 4.79 Å². The summed E-state index contributed by atoms with van der Waals surface area (Å²) in [5.74, 6) is -1.50. The van der Waals surface area contributed by atoms with Gasteiger partial charge in [-0.1, -0.05) is 26.0 Å². The summed E-state index contributed by atoms with van der Waals surface area (Å²) < 4.78 is 0. The third-order valence-electron chi connectivity index (χ3n) is 3.54. The van der Waals surface area contributed by atoms with Gasteiger partial charge in [0.25, 0.3) is 5.91 Å². The van der Waals surface area contributed by atoms with Gasteiger partial charge in [0.1, 0.15) is 5.75 Å². The Labute approximate surface area is 112 Å². The molecule has 0 aromatic heterocycles. The van der Waals surface area contributed by atoms with E-state index in [0.29, 0.717) is 12.8 Å². The molecular weight excluding hydrogens is 246 g/mol.